The Bertz CT molecular complexity index is 714. The van der Waals surface area contributed by atoms with Crippen LogP contribution < -0.4 is 5.32 Å². The van der Waals surface area contributed by atoms with Gasteiger partial charge in [-0.2, -0.15) is 0 Å². The molecule has 0 saturated carbocycles. The van der Waals surface area contributed by atoms with Gasteiger partial charge in [0.1, 0.15) is 0 Å². The van der Waals surface area contributed by atoms with Gasteiger partial charge in [0.2, 0.25) is 0 Å². The summed E-state index contributed by atoms with van der Waals surface area (Å²) in [5, 5.41) is 5.99. The van der Waals surface area contributed by atoms with Gasteiger partial charge in [-0.3, -0.25) is 4.98 Å². The van der Waals surface area contributed by atoms with E-state index in [4.69, 9.17) is 0 Å². The molecule has 2 heteroatoms. The van der Waals surface area contributed by atoms with Crippen molar-refractivity contribution in [3.63, 3.8) is 0 Å². The summed E-state index contributed by atoms with van der Waals surface area (Å²) >= 11 is 0. The number of aromatic nitrogens is 1. The van der Waals surface area contributed by atoms with E-state index in [1.165, 1.54) is 27.6 Å². The normalized spacial score (nSPS) is 10.7. The number of anilines is 1. The molecule has 0 aliphatic carbocycles. The summed E-state index contributed by atoms with van der Waals surface area (Å²) < 4.78 is 0. The van der Waals surface area contributed by atoms with Crippen molar-refractivity contribution in [2.45, 2.75) is 19.9 Å². The Morgan fingerprint density at radius 1 is 0.900 bits per heavy atom. The van der Waals surface area contributed by atoms with Crippen LogP contribution in [0.5, 0.6) is 0 Å². The van der Waals surface area contributed by atoms with E-state index in [1.54, 1.807) is 0 Å². The van der Waals surface area contributed by atoms with Gasteiger partial charge in [-0.15, -0.1) is 0 Å². The maximum absolute atomic E-state index is 4.33. The average molecular weight is 262 g/mol. The first kappa shape index (κ1) is 12.7. The van der Waals surface area contributed by atoms with E-state index >= 15 is 0 Å². The number of benzene rings is 2. The number of aryl methyl sites for hydroxylation is 1. The van der Waals surface area contributed by atoms with Crippen LogP contribution in [0.2, 0.25) is 0 Å². The summed E-state index contributed by atoms with van der Waals surface area (Å²) in [7, 11) is 0. The molecule has 0 radical (unpaired) electrons. The third kappa shape index (κ3) is 2.50. The third-order valence-corrected chi connectivity index (χ3v) is 3.62. The van der Waals surface area contributed by atoms with Crippen molar-refractivity contribution >= 4 is 16.5 Å². The summed E-state index contributed by atoms with van der Waals surface area (Å²) in [6, 6.07) is 16.8. The van der Waals surface area contributed by atoms with Crippen molar-refractivity contribution in [2.75, 3.05) is 5.32 Å². The minimum Gasteiger partial charge on any atom is -0.381 e. The zero-order valence-corrected chi connectivity index (χ0v) is 11.6. The average Bonchev–Trinajstić information content (AvgIpc) is 2.53. The third-order valence-electron chi connectivity index (χ3n) is 3.62. The first-order valence-corrected chi connectivity index (χ1v) is 7.02. The van der Waals surface area contributed by atoms with Crippen molar-refractivity contribution in [2.24, 2.45) is 0 Å². The smallest absolute Gasteiger partial charge is 0.0422 e. The highest BCUT2D eigenvalue weighted by atomic mass is 14.9. The summed E-state index contributed by atoms with van der Waals surface area (Å²) in [5.41, 5.74) is 3.79. The first-order chi connectivity index (χ1) is 9.88. The summed E-state index contributed by atoms with van der Waals surface area (Å²) in [4.78, 5) is 4.33. The minimum absolute atomic E-state index is 0.797. The highest BCUT2D eigenvalue weighted by Crippen LogP contribution is 2.20. The lowest BCUT2D eigenvalue weighted by atomic mass is 10.1. The van der Waals surface area contributed by atoms with Crippen molar-refractivity contribution in [3.8, 4) is 0 Å². The van der Waals surface area contributed by atoms with Gasteiger partial charge in [-0.1, -0.05) is 49.4 Å². The predicted octanol–water partition coefficient (Wildman–Crippen LogP) is 4.41. The molecular weight excluding hydrogens is 244 g/mol. The van der Waals surface area contributed by atoms with Crippen LogP contribution in [0.15, 0.2) is 60.9 Å². The Morgan fingerprint density at radius 2 is 1.70 bits per heavy atom. The van der Waals surface area contributed by atoms with Gasteiger partial charge in [0.25, 0.3) is 0 Å². The maximum Gasteiger partial charge on any atom is 0.0422 e. The highest BCUT2D eigenvalue weighted by Gasteiger charge is 2.03. The number of nitrogens with zero attached hydrogens (tertiary/aromatic N) is 1. The molecule has 2 aromatic carbocycles. The van der Waals surface area contributed by atoms with E-state index < -0.39 is 0 Å². The Hall–Kier alpha value is -2.35. The van der Waals surface area contributed by atoms with Gasteiger partial charge < -0.3 is 5.32 Å². The zero-order valence-electron chi connectivity index (χ0n) is 11.6. The van der Waals surface area contributed by atoms with E-state index in [9.17, 15) is 0 Å². The Morgan fingerprint density at radius 3 is 2.60 bits per heavy atom. The molecule has 0 aliphatic rings. The molecule has 3 rings (SSSR count). The molecule has 0 saturated heterocycles. The van der Waals surface area contributed by atoms with Crippen LogP contribution in [0, 0.1) is 0 Å². The van der Waals surface area contributed by atoms with Crippen LogP contribution >= 0.6 is 0 Å². The molecule has 100 valence electrons. The predicted molar refractivity (Wildman–Crippen MR) is 84.9 cm³/mol. The molecule has 0 unspecified atom stereocenters. The second-order valence-corrected chi connectivity index (χ2v) is 4.88. The summed E-state index contributed by atoms with van der Waals surface area (Å²) in [6.07, 6.45) is 4.90. The van der Waals surface area contributed by atoms with Gasteiger partial charge in [-0.25, -0.2) is 0 Å². The fourth-order valence-electron chi connectivity index (χ4n) is 2.51. The van der Waals surface area contributed by atoms with E-state index in [0.29, 0.717) is 0 Å². The van der Waals surface area contributed by atoms with E-state index in [2.05, 4.69) is 59.7 Å². The molecular formula is C18H18N2. The lowest BCUT2D eigenvalue weighted by Gasteiger charge is -2.12. The number of para-hydroxylation sites is 1. The molecule has 2 nitrogen and oxygen atoms in total. The number of fused-ring (bicyclic) bond motifs is 1. The number of hydrogen-bond donors (Lipinski definition) is 1. The minimum atomic E-state index is 0.797. The lowest BCUT2D eigenvalue weighted by Crippen LogP contribution is -2.03. The second-order valence-electron chi connectivity index (χ2n) is 4.88. The molecule has 1 aromatic heterocycles. The standard InChI is InChI=1S/C18H18N2/c1-2-14-7-4-6-10-18(14)20-13-16-12-19-11-15-8-3-5-9-17(15)16/h3-12,20H,2,13H2,1H3. The van der Waals surface area contributed by atoms with Gasteiger partial charge in [0.15, 0.2) is 0 Å². The van der Waals surface area contributed by atoms with Crippen LogP contribution in [-0.2, 0) is 13.0 Å². The highest BCUT2D eigenvalue weighted by molar-refractivity contribution is 5.84. The molecule has 0 atom stereocenters. The Labute approximate surface area is 119 Å². The number of rotatable bonds is 4. The molecule has 20 heavy (non-hydrogen) atoms. The van der Waals surface area contributed by atoms with Crippen LogP contribution in [-0.4, -0.2) is 4.98 Å². The van der Waals surface area contributed by atoms with Crippen LogP contribution in [0.4, 0.5) is 5.69 Å². The van der Waals surface area contributed by atoms with Gasteiger partial charge >= 0.3 is 0 Å². The number of nitrogens with one attached hydrogen (secondary N) is 1. The SMILES string of the molecule is CCc1ccccc1NCc1cncc2ccccc12. The molecule has 0 bridgehead atoms. The summed E-state index contributed by atoms with van der Waals surface area (Å²) in [5.74, 6) is 0. The molecule has 3 aromatic rings. The van der Waals surface area contributed by atoms with Crippen LogP contribution in [0.25, 0.3) is 10.8 Å². The van der Waals surface area contributed by atoms with Crippen LogP contribution in [0.1, 0.15) is 18.1 Å². The molecule has 0 amide bonds. The second kappa shape index (κ2) is 5.74. The molecule has 1 heterocycles. The molecule has 0 aliphatic heterocycles. The van der Waals surface area contributed by atoms with Crippen molar-refractivity contribution in [1.82, 2.24) is 4.98 Å². The number of pyridine rings is 1. The van der Waals surface area contributed by atoms with Crippen LogP contribution in [0.3, 0.4) is 0 Å². The van der Waals surface area contributed by atoms with E-state index in [0.717, 1.165) is 13.0 Å². The Kier molecular flexibility index (Phi) is 3.64. The molecule has 0 fully saturated rings. The van der Waals surface area contributed by atoms with E-state index in [-0.39, 0.29) is 0 Å². The van der Waals surface area contributed by atoms with Gasteiger partial charge in [-0.05, 0) is 29.0 Å². The summed E-state index contributed by atoms with van der Waals surface area (Å²) in [6.45, 7) is 2.98. The fraction of sp³-hybridized carbons (Fsp3) is 0.167. The zero-order chi connectivity index (χ0) is 13.8. The fourth-order valence-corrected chi connectivity index (χ4v) is 2.51. The first-order valence-electron chi connectivity index (χ1n) is 7.02. The topological polar surface area (TPSA) is 24.9 Å². The molecule has 0 spiro atoms. The quantitative estimate of drug-likeness (QED) is 0.753. The van der Waals surface area contributed by atoms with Gasteiger partial charge in [0.05, 0.1) is 0 Å². The van der Waals surface area contributed by atoms with Crippen molar-refractivity contribution in [1.29, 1.82) is 0 Å². The van der Waals surface area contributed by atoms with Gasteiger partial charge in [0, 0.05) is 30.0 Å². The number of hydrogen-bond acceptors (Lipinski definition) is 2. The van der Waals surface area contributed by atoms with E-state index in [1.807, 2.05) is 18.5 Å². The maximum atomic E-state index is 4.33. The lowest BCUT2D eigenvalue weighted by molar-refractivity contribution is 1.09. The largest absolute Gasteiger partial charge is 0.381 e. The Balaban J connectivity index is 1.87. The van der Waals surface area contributed by atoms with Crippen molar-refractivity contribution < 1.29 is 0 Å². The molecule has 1 N–H and O–H groups in total. The monoisotopic (exact) mass is 262 g/mol. The van der Waals surface area contributed by atoms with Crippen molar-refractivity contribution in [3.05, 3.63) is 72.1 Å².